The summed E-state index contributed by atoms with van der Waals surface area (Å²) in [7, 11) is 1.48. The summed E-state index contributed by atoms with van der Waals surface area (Å²) in [6, 6.07) is 9.27. The molecule has 1 heterocycles. The van der Waals surface area contributed by atoms with E-state index in [0.717, 1.165) is 0 Å². The van der Waals surface area contributed by atoms with Crippen molar-refractivity contribution in [2.75, 3.05) is 12.4 Å². The van der Waals surface area contributed by atoms with Crippen LogP contribution >= 0.6 is 22.9 Å². The number of fused-ring (bicyclic) bond motifs is 1. The third-order valence-electron chi connectivity index (χ3n) is 4.15. The molecule has 152 valence electrons. The molecular formula is C21H20ClFN2O3S. The summed E-state index contributed by atoms with van der Waals surface area (Å²) >= 11 is 7.24. The summed E-state index contributed by atoms with van der Waals surface area (Å²) < 4.78 is 20.2. The zero-order chi connectivity index (χ0) is 21.1. The van der Waals surface area contributed by atoms with E-state index in [1.165, 1.54) is 30.6 Å². The standard InChI is InChI=1S/C21H20ClFN2O3S/c1-11(2)24-20(26)13-8-7-12(22)9-16(13)25-21(27)19-14(10-28-3)18-15(23)5-4-6-17(18)29-19/h4-9,11H,10H2,1-3H3,(H,24,26)(H,25,27). The van der Waals surface area contributed by atoms with Crippen molar-refractivity contribution in [1.82, 2.24) is 5.32 Å². The summed E-state index contributed by atoms with van der Waals surface area (Å²) in [5.74, 6) is -1.20. The monoisotopic (exact) mass is 434 g/mol. The fourth-order valence-corrected chi connectivity index (χ4v) is 4.26. The van der Waals surface area contributed by atoms with E-state index in [1.54, 1.807) is 24.3 Å². The predicted molar refractivity (Wildman–Crippen MR) is 115 cm³/mol. The predicted octanol–water partition coefficient (Wildman–Crippen LogP) is 5.23. The Morgan fingerprint density at radius 1 is 1.21 bits per heavy atom. The summed E-state index contributed by atoms with van der Waals surface area (Å²) in [5, 5.41) is 6.29. The number of carbonyl (C=O) groups is 2. The van der Waals surface area contributed by atoms with E-state index in [4.69, 9.17) is 16.3 Å². The van der Waals surface area contributed by atoms with Gasteiger partial charge in [-0.2, -0.15) is 0 Å². The molecule has 0 fully saturated rings. The average molecular weight is 435 g/mol. The normalized spacial score (nSPS) is 11.1. The number of nitrogens with one attached hydrogen (secondary N) is 2. The van der Waals surface area contributed by atoms with Crippen molar-refractivity contribution in [2.45, 2.75) is 26.5 Å². The summed E-state index contributed by atoms with van der Waals surface area (Å²) in [4.78, 5) is 25.9. The molecule has 0 atom stereocenters. The lowest BCUT2D eigenvalue weighted by molar-refractivity contribution is 0.0944. The Hall–Kier alpha value is -2.48. The number of ether oxygens (including phenoxy) is 1. The fourth-order valence-electron chi connectivity index (χ4n) is 2.97. The van der Waals surface area contributed by atoms with Crippen LogP contribution in [0, 0.1) is 5.82 Å². The van der Waals surface area contributed by atoms with Gasteiger partial charge < -0.3 is 15.4 Å². The molecule has 2 amide bonds. The molecular weight excluding hydrogens is 415 g/mol. The van der Waals surface area contributed by atoms with Gasteiger partial charge in [-0.05, 0) is 44.2 Å². The minimum absolute atomic E-state index is 0.0689. The molecule has 2 N–H and O–H groups in total. The van der Waals surface area contributed by atoms with Gasteiger partial charge in [-0.15, -0.1) is 11.3 Å². The number of methoxy groups -OCH3 is 1. The molecule has 3 aromatic rings. The number of rotatable bonds is 6. The lowest BCUT2D eigenvalue weighted by Gasteiger charge is -2.14. The molecule has 0 aliphatic rings. The number of amides is 2. The molecule has 8 heteroatoms. The van der Waals surface area contributed by atoms with Crippen LogP contribution in [-0.2, 0) is 11.3 Å². The summed E-state index contributed by atoms with van der Waals surface area (Å²) in [6.45, 7) is 3.77. The smallest absolute Gasteiger partial charge is 0.266 e. The van der Waals surface area contributed by atoms with E-state index in [2.05, 4.69) is 10.6 Å². The topological polar surface area (TPSA) is 67.4 Å². The van der Waals surface area contributed by atoms with Crippen LogP contribution in [0.3, 0.4) is 0 Å². The molecule has 0 aliphatic carbocycles. The van der Waals surface area contributed by atoms with Crippen molar-refractivity contribution in [3.8, 4) is 0 Å². The van der Waals surface area contributed by atoms with Crippen LogP contribution in [0.15, 0.2) is 36.4 Å². The Kier molecular flexibility index (Phi) is 6.52. The highest BCUT2D eigenvalue weighted by molar-refractivity contribution is 7.21. The third-order valence-corrected chi connectivity index (χ3v) is 5.58. The maximum absolute atomic E-state index is 14.4. The van der Waals surface area contributed by atoms with Crippen molar-refractivity contribution in [3.05, 3.63) is 63.2 Å². The van der Waals surface area contributed by atoms with Gasteiger partial charge in [-0.1, -0.05) is 17.7 Å². The first kappa shape index (κ1) is 21.2. The Morgan fingerprint density at radius 3 is 2.66 bits per heavy atom. The Morgan fingerprint density at radius 2 is 1.97 bits per heavy atom. The first-order chi connectivity index (χ1) is 13.8. The van der Waals surface area contributed by atoms with Crippen molar-refractivity contribution in [2.24, 2.45) is 0 Å². The minimum atomic E-state index is -0.460. The first-order valence-corrected chi connectivity index (χ1v) is 10.1. The Labute approximate surface area is 176 Å². The number of carbonyl (C=O) groups excluding carboxylic acids is 2. The van der Waals surface area contributed by atoms with Gasteiger partial charge in [0.1, 0.15) is 5.82 Å². The van der Waals surface area contributed by atoms with E-state index in [9.17, 15) is 14.0 Å². The van der Waals surface area contributed by atoms with Gasteiger partial charge in [0.15, 0.2) is 0 Å². The number of hydrogen-bond acceptors (Lipinski definition) is 4. The largest absolute Gasteiger partial charge is 0.380 e. The second-order valence-electron chi connectivity index (χ2n) is 6.73. The maximum Gasteiger partial charge on any atom is 0.266 e. The molecule has 3 rings (SSSR count). The minimum Gasteiger partial charge on any atom is -0.380 e. The van der Waals surface area contributed by atoms with Crippen molar-refractivity contribution < 1.29 is 18.7 Å². The zero-order valence-corrected chi connectivity index (χ0v) is 17.7. The van der Waals surface area contributed by atoms with Gasteiger partial charge in [-0.25, -0.2) is 4.39 Å². The molecule has 0 bridgehead atoms. The quantitative estimate of drug-likeness (QED) is 0.558. The van der Waals surface area contributed by atoms with Crippen LogP contribution in [0.4, 0.5) is 10.1 Å². The summed E-state index contributed by atoms with van der Waals surface area (Å²) in [6.07, 6.45) is 0. The zero-order valence-electron chi connectivity index (χ0n) is 16.1. The number of hydrogen-bond donors (Lipinski definition) is 2. The van der Waals surface area contributed by atoms with Gasteiger partial charge in [-0.3, -0.25) is 9.59 Å². The van der Waals surface area contributed by atoms with E-state index in [1.807, 2.05) is 13.8 Å². The average Bonchev–Trinajstić information content (AvgIpc) is 3.01. The van der Waals surface area contributed by atoms with E-state index < -0.39 is 11.7 Å². The van der Waals surface area contributed by atoms with Crippen molar-refractivity contribution in [1.29, 1.82) is 0 Å². The van der Waals surface area contributed by atoms with Crippen LogP contribution in [-0.4, -0.2) is 25.0 Å². The lowest BCUT2D eigenvalue weighted by atomic mass is 10.1. The fraction of sp³-hybridized carbons (Fsp3) is 0.238. The second kappa shape index (κ2) is 8.90. The maximum atomic E-state index is 14.4. The Balaban J connectivity index is 2.01. The number of benzene rings is 2. The highest BCUT2D eigenvalue weighted by atomic mass is 35.5. The van der Waals surface area contributed by atoms with E-state index in [0.29, 0.717) is 25.5 Å². The molecule has 0 unspecified atom stereocenters. The number of halogens is 2. The van der Waals surface area contributed by atoms with Gasteiger partial charge in [0.2, 0.25) is 0 Å². The van der Waals surface area contributed by atoms with Gasteiger partial charge in [0.25, 0.3) is 11.8 Å². The molecule has 5 nitrogen and oxygen atoms in total. The summed E-state index contributed by atoms with van der Waals surface area (Å²) in [5.41, 5.74) is 1.04. The molecule has 0 aliphatic heterocycles. The molecule has 29 heavy (non-hydrogen) atoms. The lowest BCUT2D eigenvalue weighted by Crippen LogP contribution is -2.31. The van der Waals surface area contributed by atoms with Crippen LogP contribution in [0.1, 0.15) is 39.4 Å². The molecule has 0 saturated carbocycles. The van der Waals surface area contributed by atoms with Gasteiger partial charge in [0, 0.05) is 33.8 Å². The number of anilines is 1. The molecule has 0 spiro atoms. The molecule has 2 aromatic carbocycles. The van der Waals surface area contributed by atoms with Crippen LogP contribution in [0.25, 0.3) is 10.1 Å². The molecule has 1 aromatic heterocycles. The first-order valence-electron chi connectivity index (χ1n) is 8.92. The molecule has 0 saturated heterocycles. The number of thiophene rings is 1. The van der Waals surface area contributed by atoms with Crippen LogP contribution < -0.4 is 10.6 Å². The Bertz CT molecular complexity index is 1080. The SMILES string of the molecule is COCc1c(C(=O)Nc2cc(Cl)ccc2C(=O)NC(C)C)sc2cccc(F)c12. The van der Waals surface area contributed by atoms with E-state index >= 15 is 0 Å². The van der Waals surface area contributed by atoms with Crippen molar-refractivity contribution >= 4 is 50.5 Å². The highest BCUT2D eigenvalue weighted by Crippen LogP contribution is 2.34. The third kappa shape index (κ3) is 4.58. The van der Waals surface area contributed by atoms with Crippen LogP contribution in [0.2, 0.25) is 5.02 Å². The molecule has 0 radical (unpaired) electrons. The second-order valence-corrected chi connectivity index (χ2v) is 8.22. The van der Waals surface area contributed by atoms with E-state index in [-0.39, 0.29) is 29.8 Å². The van der Waals surface area contributed by atoms with Gasteiger partial charge in [0.05, 0.1) is 22.7 Å². The van der Waals surface area contributed by atoms with Gasteiger partial charge >= 0.3 is 0 Å². The van der Waals surface area contributed by atoms with Crippen LogP contribution in [0.5, 0.6) is 0 Å². The van der Waals surface area contributed by atoms with Crippen molar-refractivity contribution in [3.63, 3.8) is 0 Å². The highest BCUT2D eigenvalue weighted by Gasteiger charge is 2.22.